The second-order valence-corrected chi connectivity index (χ2v) is 6.59. The summed E-state index contributed by atoms with van der Waals surface area (Å²) in [5, 5.41) is 3.42. The number of anilines is 1. The summed E-state index contributed by atoms with van der Waals surface area (Å²) in [4.78, 5) is 24.3. The van der Waals surface area contributed by atoms with Gasteiger partial charge < -0.3 is 15.8 Å². The van der Waals surface area contributed by atoms with Crippen molar-refractivity contribution in [3.63, 3.8) is 0 Å². The molecule has 1 fully saturated rings. The Balaban J connectivity index is 1.93. The van der Waals surface area contributed by atoms with Gasteiger partial charge in [-0.1, -0.05) is 31.4 Å². The van der Waals surface area contributed by atoms with Gasteiger partial charge in [-0.3, -0.25) is 4.79 Å². The highest BCUT2D eigenvalue weighted by Crippen LogP contribution is 2.24. The van der Waals surface area contributed by atoms with Crippen molar-refractivity contribution >= 4 is 29.2 Å². The van der Waals surface area contributed by atoms with Gasteiger partial charge in [0.25, 0.3) is 5.91 Å². The molecule has 3 atom stereocenters. The molecule has 0 saturated heterocycles. The lowest BCUT2D eigenvalue weighted by Gasteiger charge is -2.30. The molecule has 6 heteroatoms. The Kier molecular flexibility index (Phi) is 5.88. The number of esters is 1. The molecule has 1 saturated carbocycles. The number of nitrogens with one attached hydrogen (secondary N) is 1. The van der Waals surface area contributed by atoms with Gasteiger partial charge >= 0.3 is 5.97 Å². The third-order valence-corrected chi connectivity index (χ3v) is 4.56. The summed E-state index contributed by atoms with van der Waals surface area (Å²) < 4.78 is 5.22. The Morgan fingerprint density at radius 3 is 2.70 bits per heavy atom. The molecule has 23 heavy (non-hydrogen) atoms. The molecule has 0 aromatic heterocycles. The fourth-order valence-corrected chi connectivity index (χ4v) is 3.01. The molecule has 1 aromatic rings. The molecule has 126 valence electrons. The second-order valence-electron chi connectivity index (χ2n) is 6.16. The molecule has 0 aliphatic heterocycles. The minimum absolute atomic E-state index is 0.151. The first-order chi connectivity index (χ1) is 10.9. The van der Waals surface area contributed by atoms with E-state index in [-0.39, 0.29) is 23.2 Å². The normalized spacial score (nSPS) is 22.2. The highest BCUT2D eigenvalue weighted by atomic mass is 35.5. The number of carbonyl (C=O) groups excluding carboxylic acids is 2. The minimum Gasteiger partial charge on any atom is -0.449 e. The van der Waals surface area contributed by atoms with Crippen molar-refractivity contribution in [1.82, 2.24) is 5.32 Å². The monoisotopic (exact) mass is 338 g/mol. The summed E-state index contributed by atoms with van der Waals surface area (Å²) in [6, 6.07) is 4.68. The van der Waals surface area contributed by atoms with Gasteiger partial charge in [-0.15, -0.1) is 0 Å². The largest absolute Gasteiger partial charge is 0.449 e. The van der Waals surface area contributed by atoms with Gasteiger partial charge in [-0.2, -0.15) is 0 Å². The van der Waals surface area contributed by atoms with Crippen LogP contribution >= 0.6 is 11.6 Å². The van der Waals surface area contributed by atoms with Gasteiger partial charge in [0.15, 0.2) is 6.10 Å². The zero-order valence-corrected chi connectivity index (χ0v) is 14.2. The standard InChI is InChI=1S/C17H23ClN2O3/c1-10-5-3-4-6-15(10)20-16(21)11(2)23-17(22)13-8-7-12(18)9-14(13)19/h7-11,15H,3-6,19H2,1-2H3,(H,20,21)/t10-,11+,15-/m0/s1. The number of rotatable bonds is 4. The van der Waals surface area contributed by atoms with E-state index in [1.807, 2.05) is 0 Å². The summed E-state index contributed by atoms with van der Waals surface area (Å²) in [5.74, 6) is -0.453. The van der Waals surface area contributed by atoms with Crippen LogP contribution in [-0.2, 0) is 9.53 Å². The molecular formula is C17H23ClN2O3. The second kappa shape index (κ2) is 7.68. The average Bonchev–Trinajstić information content (AvgIpc) is 2.49. The summed E-state index contributed by atoms with van der Waals surface area (Å²) in [7, 11) is 0. The minimum atomic E-state index is -0.869. The molecule has 1 aliphatic carbocycles. The van der Waals surface area contributed by atoms with E-state index < -0.39 is 12.1 Å². The van der Waals surface area contributed by atoms with Crippen LogP contribution in [0.25, 0.3) is 0 Å². The van der Waals surface area contributed by atoms with Crippen molar-refractivity contribution in [2.24, 2.45) is 5.92 Å². The molecular weight excluding hydrogens is 316 g/mol. The van der Waals surface area contributed by atoms with Crippen molar-refractivity contribution in [3.8, 4) is 0 Å². The van der Waals surface area contributed by atoms with E-state index in [2.05, 4.69) is 12.2 Å². The van der Waals surface area contributed by atoms with Crippen molar-refractivity contribution < 1.29 is 14.3 Å². The van der Waals surface area contributed by atoms with Crippen molar-refractivity contribution in [3.05, 3.63) is 28.8 Å². The van der Waals surface area contributed by atoms with E-state index in [9.17, 15) is 9.59 Å². The Morgan fingerprint density at radius 2 is 2.04 bits per heavy atom. The van der Waals surface area contributed by atoms with Gasteiger partial charge in [0.1, 0.15) is 0 Å². The molecule has 3 N–H and O–H groups in total. The first kappa shape index (κ1) is 17.6. The lowest BCUT2D eigenvalue weighted by atomic mass is 9.86. The summed E-state index contributed by atoms with van der Waals surface area (Å²) in [6.07, 6.45) is 3.53. The quantitative estimate of drug-likeness (QED) is 0.652. The smallest absolute Gasteiger partial charge is 0.341 e. The zero-order valence-electron chi connectivity index (χ0n) is 13.5. The number of nitrogen functional groups attached to an aromatic ring is 1. The van der Waals surface area contributed by atoms with Gasteiger partial charge in [0.2, 0.25) is 0 Å². The van der Waals surface area contributed by atoms with Crippen LogP contribution in [0.1, 0.15) is 49.9 Å². The van der Waals surface area contributed by atoms with E-state index in [0.717, 1.165) is 19.3 Å². The number of hydrogen-bond donors (Lipinski definition) is 2. The number of carbonyl (C=O) groups is 2. The van der Waals surface area contributed by atoms with Gasteiger partial charge in [-0.05, 0) is 43.9 Å². The third kappa shape index (κ3) is 4.61. The number of halogens is 1. The maximum absolute atomic E-state index is 12.2. The molecule has 1 aromatic carbocycles. The van der Waals surface area contributed by atoms with Crippen LogP contribution in [0.3, 0.4) is 0 Å². The van der Waals surface area contributed by atoms with E-state index >= 15 is 0 Å². The van der Waals surface area contributed by atoms with E-state index in [1.165, 1.54) is 18.6 Å². The van der Waals surface area contributed by atoms with Crippen molar-refractivity contribution in [2.45, 2.75) is 51.7 Å². The van der Waals surface area contributed by atoms with E-state index in [4.69, 9.17) is 22.1 Å². The molecule has 1 amide bonds. The van der Waals surface area contributed by atoms with Gasteiger partial charge in [0.05, 0.1) is 5.56 Å². The van der Waals surface area contributed by atoms with E-state index in [1.54, 1.807) is 13.0 Å². The maximum Gasteiger partial charge on any atom is 0.341 e. The van der Waals surface area contributed by atoms with Crippen LogP contribution in [0.2, 0.25) is 5.02 Å². The predicted molar refractivity (Wildman–Crippen MR) is 90.3 cm³/mol. The summed E-state index contributed by atoms with van der Waals surface area (Å²) in [5.41, 5.74) is 6.20. The Labute approximate surface area is 141 Å². The molecule has 0 unspecified atom stereocenters. The number of hydrogen-bond acceptors (Lipinski definition) is 4. The van der Waals surface area contributed by atoms with Crippen LogP contribution in [0.4, 0.5) is 5.69 Å². The van der Waals surface area contributed by atoms with Crippen LogP contribution in [0.5, 0.6) is 0 Å². The van der Waals surface area contributed by atoms with Gasteiger partial charge in [-0.25, -0.2) is 4.79 Å². The molecule has 0 heterocycles. The van der Waals surface area contributed by atoms with Crippen LogP contribution < -0.4 is 11.1 Å². The molecule has 1 aliphatic rings. The SMILES string of the molecule is C[C@@H](OC(=O)c1ccc(Cl)cc1N)C(=O)N[C@H]1CCCC[C@@H]1C. The topological polar surface area (TPSA) is 81.4 Å². The molecule has 0 bridgehead atoms. The zero-order chi connectivity index (χ0) is 17.0. The van der Waals surface area contributed by atoms with Crippen LogP contribution in [0, 0.1) is 5.92 Å². The Bertz CT molecular complexity index is 591. The Hall–Kier alpha value is -1.75. The fraction of sp³-hybridized carbons (Fsp3) is 0.529. The number of nitrogens with two attached hydrogens (primary N) is 1. The number of ether oxygens (including phenoxy) is 1. The Morgan fingerprint density at radius 1 is 1.35 bits per heavy atom. The highest BCUT2D eigenvalue weighted by molar-refractivity contribution is 6.31. The molecule has 0 spiro atoms. The van der Waals surface area contributed by atoms with Crippen molar-refractivity contribution in [2.75, 3.05) is 5.73 Å². The van der Waals surface area contributed by atoms with E-state index in [0.29, 0.717) is 10.9 Å². The third-order valence-electron chi connectivity index (χ3n) is 4.33. The maximum atomic E-state index is 12.2. The lowest BCUT2D eigenvalue weighted by Crippen LogP contribution is -2.46. The first-order valence-electron chi connectivity index (χ1n) is 7.95. The molecule has 0 radical (unpaired) electrons. The lowest BCUT2D eigenvalue weighted by molar-refractivity contribution is -0.130. The molecule has 2 rings (SSSR count). The summed E-state index contributed by atoms with van der Waals surface area (Å²) in [6.45, 7) is 3.70. The fourth-order valence-electron chi connectivity index (χ4n) is 2.83. The predicted octanol–water partition coefficient (Wildman–Crippen LogP) is 3.16. The summed E-state index contributed by atoms with van der Waals surface area (Å²) >= 11 is 5.80. The van der Waals surface area contributed by atoms with Crippen LogP contribution in [0.15, 0.2) is 18.2 Å². The highest BCUT2D eigenvalue weighted by Gasteiger charge is 2.26. The van der Waals surface area contributed by atoms with Crippen molar-refractivity contribution in [1.29, 1.82) is 0 Å². The number of benzene rings is 1. The van der Waals surface area contributed by atoms with Crippen LogP contribution in [-0.4, -0.2) is 24.0 Å². The number of amides is 1. The first-order valence-corrected chi connectivity index (χ1v) is 8.32. The van der Waals surface area contributed by atoms with Gasteiger partial charge in [0, 0.05) is 16.8 Å². The molecule has 5 nitrogen and oxygen atoms in total. The average molecular weight is 339 g/mol.